The summed E-state index contributed by atoms with van der Waals surface area (Å²) in [5, 5.41) is 3.07. The highest BCUT2D eigenvalue weighted by molar-refractivity contribution is 5.93. The summed E-state index contributed by atoms with van der Waals surface area (Å²) < 4.78 is 0. The molecular formula is C18H28N2O. The van der Waals surface area contributed by atoms with E-state index >= 15 is 0 Å². The molecule has 0 bridgehead atoms. The van der Waals surface area contributed by atoms with Crippen molar-refractivity contribution in [3.05, 3.63) is 29.8 Å². The van der Waals surface area contributed by atoms with Gasteiger partial charge in [0, 0.05) is 25.2 Å². The monoisotopic (exact) mass is 288 g/mol. The van der Waals surface area contributed by atoms with E-state index in [9.17, 15) is 4.79 Å². The number of nitrogens with one attached hydrogen (secondary N) is 1. The van der Waals surface area contributed by atoms with Gasteiger partial charge in [-0.25, -0.2) is 0 Å². The lowest BCUT2D eigenvalue weighted by Gasteiger charge is -2.30. The molecule has 1 aromatic rings. The standard InChI is InChI=1S/C18H28N2O/c1-15-8-10-17(11-9-15)20(18(21)12-13-19-2)14-16-6-4-3-5-7-16/h8-11,16,19H,3-7,12-14H2,1-2H3. The van der Waals surface area contributed by atoms with Gasteiger partial charge in [-0.2, -0.15) is 0 Å². The van der Waals surface area contributed by atoms with Gasteiger partial charge in [-0.05, 0) is 44.9 Å². The van der Waals surface area contributed by atoms with Gasteiger partial charge in [-0.15, -0.1) is 0 Å². The average Bonchev–Trinajstić information content (AvgIpc) is 2.52. The van der Waals surface area contributed by atoms with Crippen molar-refractivity contribution < 1.29 is 4.79 Å². The smallest absolute Gasteiger partial charge is 0.228 e. The third kappa shape index (κ3) is 4.85. The maximum absolute atomic E-state index is 12.5. The first-order valence-corrected chi connectivity index (χ1v) is 8.22. The number of rotatable bonds is 6. The molecule has 0 aliphatic heterocycles. The fourth-order valence-electron chi connectivity index (χ4n) is 3.07. The van der Waals surface area contributed by atoms with Crippen molar-refractivity contribution in [1.29, 1.82) is 0 Å². The highest BCUT2D eigenvalue weighted by Crippen LogP contribution is 2.27. The van der Waals surface area contributed by atoms with Crippen LogP contribution < -0.4 is 10.2 Å². The summed E-state index contributed by atoms with van der Waals surface area (Å²) in [7, 11) is 1.89. The predicted octanol–water partition coefficient (Wildman–Crippen LogP) is 3.52. The van der Waals surface area contributed by atoms with E-state index in [1.54, 1.807) is 0 Å². The zero-order chi connectivity index (χ0) is 15.1. The molecule has 3 nitrogen and oxygen atoms in total. The maximum Gasteiger partial charge on any atom is 0.228 e. The Bertz CT molecular complexity index is 435. The minimum atomic E-state index is 0.235. The topological polar surface area (TPSA) is 32.3 Å². The summed E-state index contributed by atoms with van der Waals surface area (Å²) in [4.78, 5) is 14.6. The van der Waals surface area contributed by atoms with E-state index < -0.39 is 0 Å². The van der Waals surface area contributed by atoms with Crippen LogP contribution in [0.1, 0.15) is 44.1 Å². The minimum absolute atomic E-state index is 0.235. The van der Waals surface area contributed by atoms with Gasteiger partial charge in [0.2, 0.25) is 5.91 Å². The molecule has 0 heterocycles. The number of amides is 1. The van der Waals surface area contributed by atoms with E-state index in [0.717, 1.165) is 18.8 Å². The van der Waals surface area contributed by atoms with Crippen molar-refractivity contribution in [2.45, 2.75) is 45.4 Å². The fourth-order valence-corrected chi connectivity index (χ4v) is 3.07. The van der Waals surface area contributed by atoms with Crippen LogP contribution in [0.4, 0.5) is 5.69 Å². The van der Waals surface area contributed by atoms with Crippen LogP contribution in [0.3, 0.4) is 0 Å². The maximum atomic E-state index is 12.5. The Labute approximate surface area is 128 Å². The van der Waals surface area contributed by atoms with Crippen molar-refractivity contribution in [3.8, 4) is 0 Å². The van der Waals surface area contributed by atoms with Crippen LogP contribution in [-0.2, 0) is 4.79 Å². The molecule has 1 amide bonds. The lowest BCUT2D eigenvalue weighted by atomic mass is 9.88. The van der Waals surface area contributed by atoms with E-state index in [4.69, 9.17) is 0 Å². The van der Waals surface area contributed by atoms with E-state index in [0.29, 0.717) is 12.3 Å². The molecule has 0 atom stereocenters. The highest BCUT2D eigenvalue weighted by Gasteiger charge is 2.21. The van der Waals surface area contributed by atoms with Gasteiger partial charge in [0.15, 0.2) is 0 Å². The molecule has 0 aromatic heterocycles. The SMILES string of the molecule is CNCCC(=O)N(CC1CCCCC1)c1ccc(C)cc1. The van der Waals surface area contributed by atoms with Crippen molar-refractivity contribution in [2.24, 2.45) is 5.92 Å². The molecule has 2 rings (SSSR count). The molecule has 1 aliphatic carbocycles. The molecule has 116 valence electrons. The Morgan fingerprint density at radius 2 is 1.86 bits per heavy atom. The number of hydrogen-bond donors (Lipinski definition) is 1. The molecule has 3 heteroatoms. The second kappa shape index (κ2) is 8.18. The first kappa shape index (κ1) is 16.0. The molecule has 0 radical (unpaired) electrons. The molecule has 1 saturated carbocycles. The first-order valence-electron chi connectivity index (χ1n) is 8.22. The lowest BCUT2D eigenvalue weighted by molar-refractivity contribution is -0.118. The predicted molar refractivity (Wildman–Crippen MR) is 88.7 cm³/mol. The van der Waals surface area contributed by atoms with Crippen LogP contribution in [0, 0.1) is 12.8 Å². The van der Waals surface area contributed by atoms with Gasteiger partial charge in [0.25, 0.3) is 0 Å². The number of anilines is 1. The molecule has 1 N–H and O–H groups in total. The van der Waals surface area contributed by atoms with Crippen LogP contribution in [0.25, 0.3) is 0 Å². The fraction of sp³-hybridized carbons (Fsp3) is 0.611. The number of carbonyl (C=O) groups is 1. The zero-order valence-electron chi connectivity index (χ0n) is 13.4. The summed E-state index contributed by atoms with van der Waals surface area (Å²) in [6.07, 6.45) is 7.09. The summed E-state index contributed by atoms with van der Waals surface area (Å²) >= 11 is 0. The number of aryl methyl sites for hydroxylation is 1. The number of carbonyl (C=O) groups excluding carboxylic acids is 1. The summed E-state index contributed by atoms with van der Waals surface area (Å²) in [5.74, 6) is 0.900. The minimum Gasteiger partial charge on any atom is -0.319 e. The Hall–Kier alpha value is -1.35. The van der Waals surface area contributed by atoms with Crippen LogP contribution in [0.2, 0.25) is 0 Å². The van der Waals surface area contributed by atoms with Crippen molar-refractivity contribution in [2.75, 3.05) is 25.0 Å². The Morgan fingerprint density at radius 3 is 2.48 bits per heavy atom. The molecule has 1 fully saturated rings. The molecule has 0 spiro atoms. The molecule has 21 heavy (non-hydrogen) atoms. The third-order valence-corrected chi connectivity index (χ3v) is 4.40. The third-order valence-electron chi connectivity index (χ3n) is 4.40. The second-order valence-corrected chi connectivity index (χ2v) is 6.20. The van der Waals surface area contributed by atoms with Crippen molar-refractivity contribution in [1.82, 2.24) is 5.32 Å². The highest BCUT2D eigenvalue weighted by atomic mass is 16.2. The number of hydrogen-bond acceptors (Lipinski definition) is 2. The van der Waals surface area contributed by atoms with Gasteiger partial charge < -0.3 is 10.2 Å². The molecule has 1 aromatic carbocycles. The lowest BCUT2D eigenvalue weighted by Crippen LogP contribution is -2.37. The van der Waals surface area contributed by atoms with Gasteiger partial charge in [0.05, 0.1) is 0 Å². The Morgan fingerprint density at radius 1 is 1.19 bits per heavy atom. The van der Waals surface area contributed by atoms with Crippen LogP contribution in [0.5, 0.6) is 0 Å². The van der Waals surface area contributed by atoms with E-state index in [2.05, 4.69) is 36.5 Å². The molecule has 1 aliphatic rings. The number of nitrogens with zero attached hydrogens (tertiary/aromatic N) is 1. The van der Waals surface area contributed by atoms with Crippen LogP contribution in [-0.4, -0.2) is 26.0 Å². The largest absolute Gasteiger partial charge is 0.319 e. The Balaban J connectivity index is 2.08. The quantitative estimate of drug-likeness (QED) is 0.868. The Kier molecular flexibility index (Phi) is 6.24. The van der Waals surface area contributed by atoms with Gasteiger partial charge in [0.1, 0.15) is 0 Å². The van der Waals surface area contributed by atoms with E-state index in [1.807, 2.05) is 11.9 Å². The van der Waals surface area contributed by atoms with E-state index in [1.165, 1.54) is 37.7 Å². The summed E-state index contributed by atoms with van der Waals surface area (Å²) in [6, 6.07) is 8.34. The van der Waals surface area contributed by atoms with Gasteiger partial charge in [-0.1, -0.05) is 37.0 Å². The van der Waals surface area contributed by atoms with Crippen LogP contribution >= 0.6 is 0 Å². The zero-order valence-corrected chi connectivity index (χ0v) is 13.4. The van der Waals surface area contributed by atoms with Crippen LogP contribution in [0.15, 0.2) is 24.3 Å². The van der Waals surface area contributed by atoms with Crippen molar-refractivity contribution >= 4 is 11.6 Å². The van der Waals surface area contributed by atoms with Gasteiger partial charge >= 0.3 is 0 Å². The number of benzene rings is 1. The molecule has 0 saturated heterocycles. The average molecular weight is 288 g/mol. The van der Waals surface area contributed by atoms with E-state index in [-0.39, 0.29) is 5.91 Å². The van der Waals surface area contributed by atoms with Crippen molar-refractivity contribution in [3.63, 3.8) is 0 Å². The second-order valence-electron chi connectivity index (χ2n) is 6.20. The molecule has 0 unspecified atom stereocenters. The first-order chi connectivity index (χ1) is 10.2. The normalized spacial score (nSPS) is 15.9. The molecular weight excluding hydrogens is 260 g/mol. The summed E-state index contributed by atoms with van der Waals surface area (Å²) in [5.41, 5.74) is 2.28. The van der Waals surface area contributed by atoms with Gasteiger partial charge in [-0.3, -0.25) is 4.79 Å². The summed E-state index contributed by atoms with van der Waals surface area (Å²) in [6.45, 7) is 3.70.